The van der Waals surface area contributed by atoms with E-state index in [1.807, 2.05) is 0 Å². The number of aliphatic hydroxyl groups excluding tert-OH is 1. The van der Waals surface area contributed by atoms with Crippen LogP contribution in [-0.2, 0) is 4.79 Å². The third-order valence-electron chi connectivity index (χ3n) is 8.85. The molecule has 0 radical (unpaired) electrons. The number of aliphatic hydroxyl groups is 1. The number of hydrogen-bond donors (Lipinski definition) is 1. The van der Waals surface area contributed by atoms with Crippen LogP contribution in [0.2, 0.25) is 0 Å². The largest absolute Gasteiger partial charge is 0.393 e. The predicted octanol–water partition coefficient (Wildman–Crippen LogP) is 5.54. The molecule has 3 saturated carbocycles. The average Bonchev–Trinajstić information content (AvgIpc) is 2.87. The van der Waals surface area contributed by atoms with Gasteiger partial charge in [-0.2, -0.15) is 0 Å². The van der Waals surface area contributed by atoms with Crippen molar-refractivity contribution in [2.45, 2.75) is 92.1 Å². The molecule has 0 bridgehead atoms. The fourth-order valence-corrected chi connectivity index (χ4v) is 6.57. The van der Waals surface area contributed by atoms with Gasteiger partial charge in [-0.3, -0.25) is 4.79 Å². The summed E-state index contributed by atoms with van der Waals surface area (Å²) >= 11 is 0. The SMILES string of the molecule is C/C=C1\CCC2(C)C(C)CCC3(C)C(=O)CCC3C(C)CC(O)C2C1. The second kappa shape index (κ2) is 6.83. The van der Waals surface area contributed by atoms with Crippen LogP contribution < -0.4 is 0 Å². The van der Waals surface area contributed by atoms with Crippen LogP contribution in [0.3, 0.4) is 0 Å². The monoisotopic (exact) mass is 346 g/mol. The van der Waals surface area contributed by atoms with E-state index in [0.717, 1.165) is 38.5 Å². The molecule has 3 rings (SSSR count). The van der Waals surface area contributed by atoms with Gasteiger partial charge in [0.2, 0.25) is 0 Å². The zero-order chi connectivity index (χ0) is 18.4. The molecule has 2 heteroatoms. The van der Waals surface area contributed by atoms with Crippen molar-refractivity contribution in [3.8, 4) is 0 Å². The van der Waals surface area contributed by atoms with Gasteiger partial charge in [-0.1, -0.05) is 39.3 Å². The summed E-state index contributed by atoms with van der Waals surface area (Å²) in [6.07, 6.45) is 10.2. The van der Waals surface area contributed by atoms with Gasteiger partial charge < -0.3 is 5.11 Å². The summed E-state index contributed by atoms with van der Waals surface area (Å²) in [6, 6.07) is 0. The number of Topliss-reactive ketones (excluding diaryl/α,β-unsaturated/α-hetero) is 1. The normalized spacial score (nSPS) is 50.4. The standard InChI is InChI=1S/C23H38O2/c1-6-17-10-12-22(4)16(3)9-11-23(5)18(7-8-21(23)25)15(2)13-20(24)19(22)14-17/h6,15-16,18-20,24H,7-14H2,1-5H3/b17-6+. The number of ketones is 1. The molecule has 2 nitrogen and oxygen atoms in total. The van der Waals surface area contributed by atoms with Crippen LogP contribution in [0.4, 0.5) is 0 Å². The molecule has 3 aliphatic rings. The summed E-state index contributed by atoms with van der Waals surface area (Å²) in [4.78, 5) is 12.7. The lowest BCUT2D eigenvalue weighted by Crippen LogP contribution is -2.46. The second-order valence-corrected chi connectivity index (χ2v) is 9.97. The summed E-state index contributed by atoms with van der Waals surface area (Å²) in [5.74, 6) is 2.29. The van der Waals surface area contributed by atoms with Gasteiger partial charge in [-0.15, -0.1) is 0 Å². The summed E-state index contributed by atoms with van der Waals surface area (Å²) in [5, 5.41) is 11.3. The quantitative estimate of drug-likeness (QED) is 0.585. The Labute approximate surface area is 154 Å². The van der Waals surface area contributed by atoms with E-state index in [2.05, 4.69) is 40.7 Å². The topological polar surface area (TPSA) is 37.3 Å². The zero-order valence-corrected chi connectivity index (χ0v) is 17.0. The van der Waals surface area contributed by atoms with Crippen LogP contribution in [0.1, 0.15) is 86.0 Å². The molecule has 0 saturated heterocycles. The third kappa shape index (κ3) is 3.13. The Morgan fingerprint density at radius 1 is 1.08 bits per heavy atom. The van der Waals surface area contributed by atoms with Crippen LogP contribution in [0.25, 0.3) is 0 Å². The molecule has 3 fully saturated rings. The van der Waals surface area contributed by atoms with Crippen LogP contribution in [0, 0.1) is 34.5 Å². The Hall–Kier alpha value is -0.630. The van der Waals surface area contributed by atoms with E-state index < -0.39 is 0 Å². The van der Waals surface area contributed by atoms with Crippen LogP contribution in [-0.4, -0.2) is 17.0 Å². The fourth-order valence-electron chi connectivity index (χ4n) is 6.57. The van der Waals surface area contributed by atoms with E-state index in [0.29, 0.717) is 29.5 Å². The highest BCUT2D eigenvalue weighted by Crippen LogP contribution is 2.56. The molecule has 0 aromatic heterocycles. The van der Waals surface area contributed by atoms with E-state index in [1.54, 1.807) is 0 Å². The van der Waals surface area contributed by atoms with Crippen LogP contribution in [0.15, 0.2) is 11.6 Å². The van der Waals surface area contributed by atoms with E-state index in [-0.39, 0.29) is 16.9 Å². The molecular formula is C23H38O2. The van der Waals surface area contributed by atoms with Crippen molar-refractivity contribution in [3.63, 3.8) is 0 Å². The number of hydrogen-bond acceptors (Lipinski definition) is 2. The molecule has 0 amide bonds. The lowest BCUT2D eigenvalue weighted by molar-refractivity contribution is -0.129. The number of rotatable bonds is 0. The van der Waals surface area contributed by atoms with Crippen molar-refractivity contribution in [3.05, 3.63) is 11.6 Å². The van der Waals surface area contributed by atoms with E-state index in [4.69, 9.17) is 0 Å². The first-order valence-corrected chi connectivity index (χ1v) is 10.6. The van der Waals surface area contributed by atoms with Gasteiger partial charge in [0.05, 0.1) is 6.10 Å². The smallest absolute Gasteiger partial charge is 0.139 e. The summed E-state index contributed by atoms with van der Waals surface area (Å²) < 4.78 is 0. The number of carbonyl (C=O) groups excluding carboxylic acids is 1. The first-order valence-electron chi connectivity index (χ1n) is 10.6. The van der Waals surface area contributed by atoms with Crippen molar-refractivity contribution in [2.24, 2.45) is 34.5 Å². The van der Waals surface area contributed by atoms with E-state index in [1.165, 1.54) is 18.4 Å². The van der Waals surface area contributed by atoms with Crippen molar-refractivity contribution in [2.75, 3.05) is 0 Å². The maximum Gasteiger partial charge on any atom is 0.139 e. The molecule has 7 unspecified atom stereocenters. The lowest BCUT2D eigenvalue weighted by atomic mass is 9.55. The molecule has 1 N–H and O–H groups in total. The fraction of sp³-hybridized carbons (Fsp3) is 0.870. The van der Waals surface area contributed by atoms with Gasteiger partial charge >= 0.3 is 0 Å². The molecular weight excluding hydrogens is 308 g/mol. The number of allylic oxidation sites excluding steroid dienone is 2. The molecule has 142 valence electrons. The highest BCUT2D eigenvalue weighted by Gasteiger charge is 2.52. The Morgan fingerprint density at radius 3 is 2.48 bits per heavy atom. The highest BCUT2D eigenvalue weighted by atomic mass is 16.3. The Kier molecular flexibility index (Phi) is 5.23. The van der Waals surface area contributed by atoms with Crippen LogP contribution >= 0.6 is 0 Å². The first kappa shape index (κ1) is 19.1. The molecule has 0 spiro atoms. The van der Waals surface area contributed by atoms with E-state index >= 15 is 0 Å². The molecule has 0 aromatic carbocycles. The minimum absolute atomic E-state index is 0.153. The molecule has 0 heterocycles. The molecule has 7 atom stereocenters. The van der Waals surface area contributed by atoms with Gasteiger partial charge in [0.15, 0.2) is 0 Å². The Morgan fingerprint density at radius 2 is 1.80 bits per heavy atom. The average molecular weight is 347 g/mol. The number of fused-ring (bicyclic) bond motifs is 2. The molecule has 0 aromatic rings. The molecule has 25 heavy (non-hydrogen) atoms. The van der Waals surface area contributed by atoms with Crippen molar-refractivity contribution in [1.29, 1.82) is 0 Å². The minimum atomic E-state index is -0.240. The summed E-state index contributed by atoms with van der Waals surface area (Å²) in [6.45, 7) is 11.4. The van der Waals surface area contributed by atoms with Crippen molar-refractivity contribution < 1.29 is 9.90 Å². The van der Waals surface area contributed by atoms with Gasteiger partial charge in [0.1, 0.15) is 5.78 Å². The van der Waals surface area contributed by atoms with Crippen molar-refractivity contribution >= 4 is 5.78 Å². The third-order valence-corrected chi connectivity index (χ3v) is 8.85. The van der Waals surface area contributed by atoms with E-state index in [9.17, 15) is 9.90 Å². The zero-order valence-electron chi connectivity index (χ0n) is 17.0. The second-order valence-electron chi connectivity index (χ2n) is 9.97. The van der Waals surface area contributed by atoms with Crippen LogP contribution in [0.5, 0.6) is 0 Å². The maximum absolute atomic E-state index is 12.7. The van der Waals surface area contributed by atoms with Gasteiger partial charge in [0, 0.05) is 11.8 Å². The summed E-state index contributed by atoms with van der Waals surface area (Å²) in [7, 11) is 0. The predicted molar refractivity (Wildman–Crippen MR) is 103 cm³/mol. The maximum atomic E-state index is 12.7. The lowest BCUT2D eigenvalue weighted by Gasteiger charge is -2.51. The van der Waals surface area contributed by atoms with Gasteiger partial charge in [-0.25, -0.2) is 0 Å². The molecule has 3 aliphatic carbocycles. The first-order chi connectivity index (χ1) is 11.7. The minimum Gasteiger partial charge on any atom is -0.393 e. The van der Waals surface area contributed by atoms with Crippen molar-refractivity contribution in [1.82, 2.24) is 0 Å². The summed E-state index contributed by atoms with van der Waals surface area (Å²) in [5.41, 5.74) is 1.57. The number of carbonyl (C=O) groups is 1. The highest BCUT2D eigenvalue weighted by molar-refractivity contribution is 5.87. The molecule has 0 aliphatic heterocycles. The van der Waals surface area contributed by atoms with Gasteiger partial charge in [0.25, 0.3) is 0 Å². The van der Waals surface area contributed by atoms with Gasteiger partial charge in [-0.05, 0) is 81.0 Å². The Balaban J connectivity index is 1.94. The Bertz CT molecular complexity index is 550.